The molecule has 0 aliphatic heterocycles. The Morgan fingerprint density at radius 3 is 0.745 bits per heavy atom. The monoisotopic (exact) mass is 1190 g/mol. The number of hydrogen-bond donors (Lipinski definition) is 0. The molecule has 1 rings (SSSR count). The minimum atomic E-state index is -2.92. The van der Waals surface area contributed by atoms with Gasteiger partial charge in [-0.2, -0.15) is 0 Å². The summed E-state index contributed by atoms with van der Waals surface area (Å²) < 4.78 is -33.8. The maximum absolute atomic E-state index is 6.85. The molecule has 0 heterocycles. The van der Waals surface area contributed by atoms with E-state index < -0.39 is 67.1 Å². The Labute approximate surface area is 405 Å². The molecule has 0 spiro atoms. The van der Waals surface area contributed by atoms with Crippen LogP contribution in [0.15, 0.2) is 12.1 Å². The topological polar surface area (TPSA) is 0 Å². The van der Waals surface area contributed by atoms with E-state index in [0.717, 1.165) is 12.1 Å². The Hall–Kier alpha value is 7.05. The average molecular weight is 1200 g/mol. The maximum atomic E-state index is 6.85. The van der Waals surface area contributed by atoms with Crippen molar-refractivity contribution in [2.24, 2.45) is 0 Å². The third kappa shape index (κ3) is 8.98. The highest BCUT2D eigenvalue weighted by atomic mass is 35.6. The van der Waals surface area contributed by atoms with Gasteiger partial charge in [-0.1, -0.05) is 320 Å². The number of rotatable bonds is 10. The van der Waals surface area contributed by atoms with Crippen molar-refractivity contribution in [3.8, 4) is 0 Å². The van der Waals surface area contributed by atoms with E-state index in [1.54, 1.807) is 0 Å². The third-order valence-corrected chi connectivity index (χ3v) is 22.4. The standard InChI is InChI=1S/C20H7Cl27/c1-2-6-7(10(23,24)13(29,30)16(35,36)19(42,43)44)3-5(9(21,22)12(27,28)15(33,34)18(39,40)41)4-8(6)11(25,26)14(31,32)17(37,38)20(45,46)47/h3-4H,2H2,1H3. The fourth-order valence-corrected chi connectivity index (χ4v) is 10.2. The van der Waals surface area contributed by atoms with Crippen LogP contribution in [0.3, 0.4) is 0 Å². The van der Waals surface area contributed by atoms with Gasteiger partial charge in [0.1, 0.15) is 0 Å². The van der Waals surface area contributed by atoms with Gasteiger partial charge in [-0.25, -0.2) is 0 Å². The van der Waals surface area contributed by atoms with Gasteiger partial charge >= 0.3 is 0 Å². The molecule has 0 unspecified atom stereocenters. The van der Waals surface area contributed by atoms with E-state index in [2.05, 4.69) is 0 Å². The first-order valence-corrected chi connectivity index (χ1v) is 21.0. The normalized spacial score (nSPS) is 16.2. The third-order valence-electron chi connectivity index (χ3n) is 6.08. The summed E-state index contributed by atoms with van der Waals surface area (Å²) in [6.45, 7) is 1.50. The summed E-state index contributed by atoms with van der Waals surface area (Å²) in [5, 5.41) is 0. The van der Waals surface area contributed by atoms with Gasteiger partial charge in [0.2, 0.25) is 24.4 Å². The van der Waals surface area contributed by atoms with Crippen LogP contribution in [-0.2, 0) is 19.4 Å². The Bertz CT molecular complexity index is 1230. The van der Waals surface area contributed by atoms with Gasteiger partial charge in [0.15, 0.2) is 26.0 Å². The maximum Gasteiger partial charge on any atom is 0.226 e. The first-order chi connectivity index (χ1) is 20.0. The van der Waals surface area contributed by atoms with Gasteiger partial charge in [-0.15, -0.1) is 0 Å². The molecule has 0 atom stereocenters. The molecule has 0 aromatic heterocycles. The minimum absolute atomic E-state index is 0.134. The molecule has 276 valence electrons. The number of hydrogen-bond acceptors (Lipinski definition) is 0. The predicted molar refractivity (Wildman–Crippen MR) is 223 cm³/mol. The van der Waals surface area contributed by atoms with E-state index in [9.17, 15) is 0 Å². The highest BCUT2D eigenvalue weighted by molar-refractivity contribution is 6.82. The number of halogens is 27. The zero-order valence-electron chi connectivity index (χ0n) is 21.1. The first-order valence-electron chi connectivity index (χ1n) is 10.8. The van der Waals surface area contributed by atoms with E-state index >= 15 is 0 Å². The molecule has 47 heavy (non-hydrogen) atoms. The van der Waals surface area contributed by atoms with E-state index in [1.165, 1.54) is 6.92 Å². The number of benzene rings is 1. The lowest BCUT2D eigenvalue weighted by Crippen LogP contribution is -2.57. The lowest BCUT2D eigenvalue weighted by Gasteiger charge is -2.48. The molecule has 0 N–H and O–H groups in total. The lowest BCUT2D eigenvalue weighted by atomic mass is 9.87. The molecular formula is C20H7Cl27. The molecule has 0 fully saturated rings. The van der Waals surface area contributed by atoms with Crippen molar-refractivity contribution in [1.29, 1.82) is 0 Å². The SMILES string of the molecule is CCc1c(C(Cl)(Cl)C(Cl)(Cl)C(Cl)(Cl)C(Cl)(Cl)Cl)cc(C(Cl)(Cl)C(Cl)(Cl)C(Cl)(Cl)C(Cl)(Cl)Cl)cc1C(Cl)(Cl)C(Cl)(Cl)C(Cl)(Cl)C(Cl)(Cl)Cl. The molecule has 0 amide bonds. The summed E-state index contributed by atoms with van der Waals surface area (Å²) in [4.78, 5) is 0. The number of alkyl halides is 27. The fraction of sp³-hybridized carbons (Fsp3) is 0.700. The smallest absolute Gasteiger partial charge is 0.0943 e. The summed E-state index contributed by atoms with van der Waals surface area (Å²) in [6.07, 6.45) is -0.175. The molecule has 0 aliphatic carbocycles. The second-order valence-electron chi connectivity index (χ2n) is 9.07. The van der Waals surface area contributed by atoms with E-state index in [0.29, 0.717) is 0 Å². The Morgan fingerprint density at radius 1 is 0.340 bits per heavy atom. The summed E-state index contributed by atoms with van der Waals surface area (Å²) in [7, 11) is 0. The van der Waals surface area contributed by atoms with Crippen LogP contribution in [-0.4, -0.2) is 37.4 Å². The molecule has 1 aromatic rings. The van der Waals surface area contributed by atoms with Crippen LogP contribution in [0.5, 0.6) is 0 Å². The molecular weight excluding hydrogens is 1200 g/mol. The fourth-order valence-electron chi connectivity index (χ4n) is 3.44. The van der Waals surface area contributed by atoms with Crippen LogP contribution >= 0.6 is 313 Å². The Balaban J connectivity index is 4.67. The van der Waals surface area contributed by atoms with Gasteiger partial charge < -0.3 is 0 Å². The van der Waals surface area contributed by atoms with Crippen LogP contribution < -0.4 is 0 Å². The summed E-state index contributed by atoms with van der Waals surface area (Å²) in [5.41, 5.74) is -1.58. The van der Waals surface area contributed by atoms with Crippen molar-refractivity contribution in [2.45, 2.75) is 63.7 Å². The summed E-state index contributed by atoms with van der Waals surface area (Å²) in [5.74, 6) is 0. The highest BCUT2D eigenvalue weighted by Gasteiger charge is 2.73. The van der Waals surface area contributed by atoms with Gasteiger partial charge in [-0.3, -0.25) is 0 Å². The van der Waals surface area contributed by atoms with Crippen molar-refractivity contribution in [2.75, 3.05) is 0 Å². The first kappa shape index (κ1) is 52.1. The van der Waals surface area contributed by atoms with Crippen molar-refractivity contribution < 1.29 is 0 Å². The zero-order valence-corrected chi connectivity index (χ0v) is 41.5. The van der Waals surface area contributed by atoms with Gasteiger partial charge in [0.05, 0.1) is 0 Å². The lowest BCUT2D eigenvalue weighted by molar-refractivity contribution is 0.574. The molecule has 0 nitrogen and oxygen atoms in total. The molecule has 0 bridgehead atoms. The molecule has 0 saturated heterocycles. The van der Waals surface area contributed by atoms with Crippen molar-refractivity contribution in [1.82, 2.24) is 0 Å². The van der Waals surface area contributed by atoms with Crippen LogP contribution in [0.1, 0.15) is 29.2 Å². The quantitative estimate of drug-likeness (QED) is 0.205. The molecule has 0 radical (unpaired) electrons. The van der Waals surface area contributed by atoms with Gasteiger partial charge in [0, 0.05) is 0 Å². The summed E-state index contributed by atoms with van der Waals surface area (Å²) >= 11 is 172. The average Bonchev–Trinajstić information content (AvgIpc) is 2.84. The van der Waals surface area contributed by atoms with Gasteiger partial charge in [-0.05, 0) is 40.8 Å². The Morgan fingerprint density at radius 2 is 0.553 bits per heavy atom. The Kier molecular flexibility index (Phi) is 18.0. The highest BCUT2D eigenvalue weighted by Crippen LogP contribution is 2.70. The minimum Gasteiger partial charge on any atom is -0.0943 e. The van der Waals surface area contributed by atoms with Crippen LogP contribution in [0.2, 0.25) is 0 Å². The van der Waals surface area contributed by atoms with Crippen LogP contribution in [0.4, 0.5) is 0 Å². The van der Waals surface area contributed by atoms with Crippen molar-refractivity contribution >= 4 is 313 Å². The van der Waals surface area contributed by atoms with Gasteiger partial charge in [0.25, 0.3) is 0 Å². The molecule has 1 aromatic carbocycles. The van der Waals surface area contributed by atoms with E-state index in [-0.39, 0.29) is 12.0 Å². The van der Waals surface area contributed by atoms with E-state index in [1.807, 2.05) is 0 Å². The second-order valence-corrected chi connectivity index (χ2v) is 27.9. The second kappa shape index (κ2) is 16.2. The van der Waals surface area contributed by atoms with Crippen molar-refractivity contribution in [3.63, 3.8) is 0 Å². The zero-order chi connectivity index (χ0) is 38.4. The van der Waals surface area contributed by atoms with Crippen LogP contribution in [0, 0.1) is 0 Å². The van der Waals surface area contributed by atoms with E-state index in [4.69, 9.17) is 313 Å². The molecule has 27 heteroatoms. The largest absolute Gasteiger partial charge is 0.226 e. The molecule has 0 aliphatic rings. The summed E-state index contributed by atoms with van der Waals surface area (Å²) in [6, 6.07) is 1.98. The van der Waals surface area contributed by atoms with Crippen LogP contribution in [0.25, 0.3) is 0 Å². The van der Waals surface area contributed by atoms with Crippen molar-refractivity contribution in [3.05, 3.63) is 34.4 Å². The molecule has 0 saturated carbocycles. The predicted octanol–water partition coefficient (Wildman–Crippen LogP) is 18.3.